The van der Waals surface area contributed by atoms with Crippen LogP contribution in [0.5, 0.6) is 5.75 Å². The molecule has 0 unspecified atom stereocenters. The van der Waals surface area contributed by atoms with Gasteiger partial charge in [0.15, 0.2) is 0 Å². The van der Waals surface area contributed by atoms with Gasteiger partial charge < -0.3 is 10.1 Å². The van der Waals surface area contributed by atoms with E-state index in [0.717, 1.165) is 0 Å². The van der Waals surface area contributed by atoms with Crippen molar-refractivity contribution in [2.24, 2.45) is 0 Å². The molecular formula is C16H18N2O4S. The van der Waals surface area contributed by atoms with E-state index in [-0.39, 0.29) is 11.7 Å². The van der Waals surface area contributed by atoms with Crippen molar-refractivity contribution < 1.29 is 17.9 Å². The standard InChI is InChI=1S/C16H18N2O4S/c1-3-23(20,21)18-14-6-4-12(5-7-14)16(19)17-13-8-10-15(22-2)11-9-13/h4-11,18H,3H2,1-2H3,(H,17,19). The van der Waals surface area contributed by atoms with Crippen molar-refractivity contribution >= 4 is 27.3 Å². The van der Waals surface area contributed by atoms with Crippen LogP contribution in [0.2, 0.25) is 0 Å². The van der Waals surface area contributed by atoms with Gasteiger partial charge in [0.25, 0.3) is 5.91 Å². The van der Waals surface area contributed by atoms with Gasteiger partial charge in [-0.15, -0.1) is 0 Å². The van der Waals surface area contributed by atoms with Crippen molar-refractivity contribution in [1.29, 1.82) is 0 Å². The van der Waals surface area contributed by atoms with Crippen molar-refractivity contribution in [3.8, 4) is 5.75 Å². The lowest BCUT2D eigenvalue weighted by molar-refractivity contribution is 0.102. The zero-order valence-corrected chi connectivity index (χ0v) is 13.7. The van der Waals surface area contributed by atoms with Gasteiger partial charge in [-0.25, -0.2) is 8.42 Å². The van der Waals surface area contributed by atoms with Gasteiger partial charge in [-0.2, -0.15) is 0 Å². The molecule has 0 aliphatic carbocycles. The molecule has 6 nitrogen and oxygen atoms in total. The van der Waals surface area contributed by atoms with E-state index in [4.69, 9.17) is 4.74 Å². The molecule has 0 saturated carbocycles. The molecule has 2 rings (SSSR count). The maximum Gasteiger partial charge on any atom is 0.255 e. The average molecular weight is 334 g/mol. The van der Waals surface area contributed by atoms with Crippen molar-refractivity contribution in [3.05, 3.63) is 54.1 Å². The predicted octanol–water partition coefficient (Wildman–Crippen LogP) is 2.71. The monoisotopic (exact) mass is 334 g/mol. The number of hydrogen-bond donors (Lipinski definition) is 2. The van der Waals surface area contributed by atoms with Gasteiger partial charge in [0.2, 0.25) is 10.0 Å². The zero-order valence-electron chi connectivity index (χ0n) is 12.9. The number of hydrogen-bond acceptors (Lipinski definition) is 4. The number of benzene rings is 2. The summed E-state index contributed by atoms with van der Waals surface area (Å²) in [4.78, 5) is 12.1. The lowest BCUT2D eigenvalue weighted by Gasteiger charge is -2.08. The molecule has 0 heterocycles. The molecule has 0 aliphatic rings. The number of carbonyl (C=O) groups excluding carboxylic acids is 1. The van der Waals surface area contributed by atoms with Crippen LogP contribution in [0.3, 0.4) is 0 Å². The van der Waals surface area contributed by atoms with Crippen LogP contribution in [0.15, 0.2) is 48.5 Å². The number of rotatable bonds is 6. The maximum atomic E-state index is 12.1. The molecule has 0 radical (unpaired) electrons. The summed E-state index contributed by atoms with van der Waals surface area (Å²) in [6.45, 7) is 1.55. The first kappa shape index (κ1) is 16.8. The fraction of sp³-hybridized carbons (Fsp3) is 0.188. The Labute approximate surface area is 135 Å². The molecule has 7 heteroatoms. The maximum absolute atomic E-state index is 12.1. The molecule has 2 N–H and O–H groups in total. The molecule has 0 fully saturated rings. The lowest BCUT2D eigenvalue weighted by atomic mass is 10.2. The third kappa shape index (κ3) is 4.72. The van der Waals surface area contributed by atoms with E-state index in [2.05, 4.69) is 10.0 Å². The van der Waals surface area contributed by atoms with Crippen LogP contribution in [0, 0.1) is 0 Å². The molecule has 2 aromatic rings. The third-order valence-corrected chi connectivity index (χ3v) is 4.46. The van der Waals surface area contributed by atoms with E-state index in [1.54, 1.807) is 62.6 Å². The Kier molecular flexibility index (Phi) is 5.23. The summed E-state index contributed by atoms with van der Waals surface area (Å²) in [5.41, 5.74) is 1.50. The summed E-state index contributed by atoms with van der Waals surface area (Å²) in [6, 6.07) is 13.2. The van der Waals surface area contributed by atoms with E-state index >= 15 is 0 Å². The van der Waals surface area contributed by atoms with Gasteiger partial charge in [0.1, 0.15) is 5.75 Å². The van der Waals surface area contributed by atoms with Gasteiger partial charge in [-0.1, -0.05) is 0 Å². The van der Waals surface area contributed by atoms with Crippen LogP contribution in [-0.2, 0) is 10.0 Å². The van der Waals surface area contributed by atoms with Crippen LogP contribution in [0.4, 0.5) is 11.4 Å². The quantitative estimate of drug-likeness (QED) is 0.850. The zero-order chi connectivity index (χ0) is 16.9. The van der Waals surface area contributed by atoms with Crippen molar-refractivity contribution in [2.75, 3.05) is 22.9 Å². The van der Waals surface area contributed by atoms with Gasteiger partial charge in [0.05, 0.1) is 12.9 Å². The highest BCUT2D eigenvalue weighted by Crippen LogP contribution is 2.17. The Balaban J connectivity index is 2.04. The van der Waals surface area contributed by atoms with Crippen LogP contribution in [0.1, 0.15) is 17.3 Å². The average Bonchev–Trinajstić information content (AvgIpc) is 2.56. The Hall–Kier alpha value is -2.54. The van der Waals surface area contributed by atoms with E-state index in [1.807, 2.05) is 0 Å². The van der Waals surface area contributed by atoms with Gasteiger partial charge >= 0.3 is 0 Å². The summed E-state index contributed by atoms with van der Waals surface area (Å²) >= 11 is 0. The Bertz CT molecular complexity index is 769. The first-order valence-electron chi connectivity index (χ1n) is 6.99. The molecule has 0 aliphatic heterocycles. The molecule has 0 saturated heterocycles. The summed E-state index contributed by atoms with van der Waals surface area (Å²) in [6.07, 6.45) is 0. The number of nitrogens with one attached hydrogen (secondary N) is 2. The summed E-state index contributed by atoms with van der Waals surface area (Å²) in [7, 11) is -1.75. The number of ether oxygens (including phenoxy) is 1. The smallest absolute Gasteiger partial charge is 0.255 e. The first-order chi connectivity index (χ1) is 10.9. The van der Waals surface area contributed by atoms with E-state index in [9.17, 15) is 13.2 Å². The number of methoxy groups -OCH3 is 1. The minimum Gasteiger partial charge on any atom is -0.497 e. The van der Waals surface area contributed by atoms with E-state index < -0.39 is 10.0 Å². The molecule has 2 aromatic carbocycles. The Morgan fingerprint density at radius 2 is 1.57 bits per heavy atom. The first-order valence-corrected chi connectivity index (χ1v) is 8.64. The number of sulfonamides is 1. The van der Waals surface area contributed by atoms with Crippen LogP contribution >= 0.6 is 0 Å². The molecule has 0 bridgehead atoms. The molecule has 1 amide bonds. The Morgan fingerprint density at radius 1 is 1.00 bits per heavy atom. The van der Waals surface area contributed by atoms with Gasteiger partial charge in [-0.3, -0.25) is 9.52 Å². The second-order valence-electron chi connectivity index (χ2n) is 4.77. The number of carbonyl (C=O) groups is 1. The van der Waals surface area contributed by atoms with Gasteiger partial charge in [0, 0.05) is 16.9 Å². The fourth-order valence-electron chi connectivity index (χ4n) is 1.82. The van der Waals surface area contributed by atoms with E-state index in [0.29, 0.717) is 22.7 Å². The summed E-state index contributed by atoms with van der Waals surface area (Å²) in [5, 5.41) is 2.76. The SMILES string of the molecule is CCS(=O)(=O)Nc1ccc(C(=O)Nc2ccc(OC)cc2)cc1. The second-order valence-corrected chi connectivity index (χ2v) is 6.78. The topological polar surface area (TPSA) is 84.5 Å². The third-order valence-electron chi connectivity index (χ3n) is 3.15. The van der Waals surface area contributed by atoms with E-state index in [1.165, 1.54) is 0 Å². The van der Waals surface area contributed by atoms with Crippen molar-refractivity contribution in [1.82, 2.24) is 0 Å². The lowest BCUT2D eigenvalue weighted by Crippen LogP contribution is -2.15. The Morgan fingerprint density at radius 3 is 2.09 bits per heavy atom. The van der Waals surface area contributed by atoms with Crippen LogP contribution in [-0.4, -0.2) is 27.2 Å². The summed E-state index contributed by atoms with van der Waals surface area (Å²) in [5.74, 6) is 0.419. The minimum atomic E-state index is -3.32. The highest BCUT2D eigenvalue weighted by Gasteiger charge is 2.09. The minimum absolute atomic E-state index is 0.00723. The van der Waals surface area contributed by atoms with Crippen molar-refractivity contribution in [2.45, 2.75) is 6.92 Å². The second kappa shape index (κ2) is 7.15. The molecule has 0 spiro atoms. The molecule has 0 atom stereocenters. The normalized spacial score (nSPS) is 10.9. The molecule has 122 valence electrons. The van der Waals surface area contributed by atoms with Gasteiger partial charge in [-0.05, 0) is 55.5 Å². The number of anilines is 2. The molecule has 23 heavy (non-hydrogen) atoms. The predicted molar refractivity (Wildman–Crippen MR) is 90.5 cm³/mol. The van der Waals surface area contributed by atoms with Crippen LogP contribution in [0.25, 0.3) is 0 Å². The summed E-state index contributed by atoms with van der Waals surface area (Å²) < 4.78 is 30.4. The highest BCUT2D eigenvalue weighted by molar-refractivity contribution is 7.92. The van der Waals surface area contributed by atoms with Crippen LogP contribution < -0.4 is 14.8 Å². The highest BCUT2D eigenvalue weighted by atomic mass is 32.2. The molecule has 0 aromatic heterocycles. The largest absolute Gasteiger partial charge is 0.497 e. The van der Waals surface area contributed by atoms with Crippen molar-refractivity contribution in [3.63, 3.8) is 0 Å². The molecular weight excluding hydrogens is 316 g/mol. The fourth-order valence-corrected chi connectivity index (χ4v) is 2.46. The number of amides is 1.